The van der Waals surface area contributed by atoms with Crippen LogP contribution in [0, 0.1) is 11.6 Å². The molecule has 0 aliphatic heterocycles. The zero-order valence-electron chi connectivity index (χ0n) is 16.4. The molecule has 0 radical (unpaired) electrons. The van der Waals surface area contributed by atoms with Crippen LogP contribution >= 0.6 is 11.6 Å². The average Bonchev–Trinajstić information content (AvgIpc) is 2.72. The summed E-state index contributed by atoms with van der Waals surface area (Å²) in [5, 5.41) is 7.75. The second kappa shape index (κ2) is 11.2. The number of nitrogens with zero attached hydrogens (tertiary/aromatic N) is 2. The highest BCUT2D eigenvalue weighted by atomic mass is 35.5. The molecular weight excluding hydrogens is 422 g/mol. The van der Waals surface area contributed by atoms with Crippen molar-refractivity contribution in [3.63, 3.8) is 0 Å². The van der Waals surface area contributed by atoms with Crippen molar-refractivity contribution in [2.24, 2.45) is 10.3 Å². The Labute approximate surface area is 176 Å². The van der Waals surface area contributed by atoms with Gasteiger partial charge in [-0.15, -0.1) is 0 Å². The van der Waals surface area contributed by atoms with Crippen LogP contribution in [0.15, 0.2) is 46.7 Å². The standard InChI is InChI=1S/C20H19ClF2N2O5/c1-27-11-17(18-15(22)8-5-9-16(18)23)24-30-10-13-12(6-4-7-14(13)21)19(25-29-3)20(26)28-2/h4-9H,10-11H2,1-3H3/b24-17+,25-19+. The Morgan fingerprint density at radius 2 is 1.70 bits per heavy atom. The topological polar surface area (TPSA) is 78.7 Å². The number of halogens is 3. The van der Waals surface area contributed by atoms with Crippen LogP contribution < -0.4 is 0 Å². The van der Waals surface area contributed by atoms with Gasteiger partial charge in [0.05, 0.1) is 19.3 Å². The molecule has 0 aliphatic carbocycles. The summed E-state index contributed by atoms with van der Waals surface area (Å²) in [4.78, 5) is 22.1. The van der Waals surface area contributed by atoms with Crippen molar-refractivity contribution in [3.8, 4) is 0 Å². The molecule has 7 nitrogen and oxygen atoms in total. The van der Waals surface area contributed by atoms with Gasteiger partial charge in [0.25, 0.3) is 0 Å². The van der Waals surface area contributed by atoms with Crippen molar-refractivity contribution in [2.75, 3.05) is 27.9 Å². The Balaban J connectivity index is 2.38. The van der Waals surface area contributed by atoms with Crippen LogP contribution in [0.5, 0.6) is 0 Å². The van der Waals surface area contributed by atoms with Gasteiger partial charge in [-0.2, -0.15) is 0 Å². The van der Waals surface area contributed by atoms with Crippen molar-refractivity contribution in [2.45, 2.75) is 6.61 Å². The van der Waals surface area contributed by atoms with E-state index in [1.54, 1.807) is 18.2 Å². The largest absolute Gasteiger partial charge is 0.464 e. The van der Waals surface area contributed by atoms with E-state index in [1.807, 2.05) is 0 Å². The number of benzene rings is 2. The van der Waals surface area contributed by atoms with Gasteiger partial charge in [0.2, 0.25) is 0 Å². The Kier molecular flexibility index (Phi) is 8.70. The number of oxime groups is 2. The summed E-state index contributed by atoms with van der Waals surface area (Å²) < 4.78 is 37.9. The van der Waals surface area contributed by atoms with E-state index in [2.05, 4.69) is 10.3 Å². The fraction of sp³-hybridized carbons (Fsp3) is 0.250. The van der Waals surface area contributed by atoms with E-state index in [0.717, 1.165) is 12.1 Å². The molecule has 0 saturated carbocycles. The lowest BCUT2D eigenvalue weighted by Crippen LogP contribution is -2.20. The van der Waals surface area contributed by atoms with Gasteiger partial charge >= 0.3 is 5.97 Å². The number of rotatable bonds is 9. The maximum absolute atomic E-state index is 14.1. The lowest BCUT2D eigenvalue weighted by Gasteiger charge is -2.12. The summed E-state index contributed by atoms with van der Waals surface area (Å²) in [7, 11) is 3.82. The third-order valence-corrected chi connectivity index (χ3v) is 4.21. The van der Waals surface area contributed by atoms with Gasteiger partial charge in [-0.1, -0.05) is 40.1 Å². The molecule has 30 heavy (non-hydrogen) atoms. The molecule has 2 aromatic carbocycles. The van der Waals surface area contributed by atoms with Crippen molar-refractivity contribution >= 4 is 29.0 Å². The van der Waals surface area contributed by atoms with Gasteiger partial charge < -0.3 is 19.1 Å². The predicted molar refractivity (Wildman–Crippen MR) is 107 cm³/mol. The smallest absolute Gasteiger partial charge is 0.360 e. The van der Waals surface area contributed by atoms with Crippen molar-refractivity contribution in [1.82, 2.24) is 0 Å². The Hall–Kier alpha value is -3.04. The fourth-order valence-electron chi connectivity index (χ4n) is 2.54. The molecule has 0 amide bonds. The molecule has 2 rings (SSSR count). The summed E-state index contributed by atoms with van der Waals surface area (Å²) in [5.74, 6) is -2.38. The number of carbonyl (C=O) groups is 1. The lowest BCUT2D eigenvalue weighted by atomic mass is 10.0. The zero-order valence-corrected chi connectivity index (χ0v) is 17.2. The van der Waals surface area contributed by atoms with E-state index in [-0.39, 0.29) is 40.8 Å². The van der Waals surface area contributed by atoms with Gasteiger partial charge in [0, 0.05) is 23.3 Å². The molecular formula is C20H19ClF2N2O5. The van der Waals surface area contributed by atoms with E-state index in [9.17, 15) is 13.6 Å². The van der Waals surface area contributed by atoms with Crippen LogP contribution in [0.2, 0.25) is 5.02 Å². The summed E-state index contributed by atoms with van der Waals surface area (Å²) >= 11 is 6.24. The number of hydrogen-bond acceptors (Lipinski definition) is 7. The molecule has 0 N–H and O–H groups in total. The fourth-order valence-corrected chi connectivity index (χ4v) is 2.77. The van der Waals surface area contributed by atoms with Crippen LogP contribution in [0.1, 0.15) is 16.7 Å². The molecule has 0 atom stereocenters. The summed E-state index contributed by atoms with van der Waals surface area (Å²) in [6.45, 7) is -0.441. The third-order valence-electron chi connectivity index (χ3n) is 3.85. The molecule has 2 aromatic rings. The summed E-state index contributed by atoms with van der Waals surface area (Å²) in [6, 6.07) is 8.17. The van der Waals surface area contributed by atoms with E-state index in [0.29, 0.717) is 5.56 Å². The van der Waals surface area contributed by atoms with Gasteiger partial charge in [0.1, 0.15) is 31.1 Å². The minimum absolute atomic E-state index is 0.0968. The Bertz CT molecular complexity index is 946. The summed E-state index contributed by atoms with van der Waals surface area (Å²) in [6.07, 6.45) is 0. The molecule has 160 valence electrons. The van der Waals surface area contributed by atoms with Crippen LogP contribution in [-0.2, 0) is 30.6 Å². The maximum Gasteiger partial charge on any atom is 0.360 e. The first kappa shape index (κ1) is 23.2. The molecule has 0 heterocycles. The summed E-state index contributed by atoms with van der Waals surface area (Å²) in [5.41, 5.74) is 0.0318. The number of methoxy groups -OCH3 is 2. The van der Waals surface area contributed by atoms with Gasteiger partial charge in [0.15, 0.2) is 5.71 Å². The van der Waals surface area contributed by atoms with Crippen LogP contribution in [0.3, 0.4) is 0 Å². The lowest BCUT2D eigenvalue weighted by molar-refractivity contribution is -0.132. The maximum atomic E-state index is 14.1. The first-order chi connectivity index (χ1) is 14.4. The normalized spacial score (nSPS) is 11.9. The minimum atomic E-state index is -0.812. The molecule has 0 fully saturated rings. The number of carbonyl (C=O) groups excluding carboxylic acids is 1. The number of hydrogen-bond donors (Lipinski definition) is 0. The van der Waals surface area contributed by atoms with E-state index in [4.69, 9.17) is 30.7 Å². The highest BCUT2D eigenvalue weighted by molar-refractivity contribution is 6.44. The SMILES string of the molecule is COC/C(=N\OCc1c(Cl)cccc1/C(=N\OC)C(=O)OC)c1c(F)cccc1F. The molecule has 0 aliphatic rings. The first-order valence-corrected chi connectivity index (χ1v) is 8.91. The minimum Gasteiger partial charge on any atom is -0.464 e. The molecule has 0 unspecified atom stereocenters. The Morgan fingerprint density at radius 1 is 1.03 bits per heavy atom. The Morgan fingerprint density at radius 3 is 2.30 bits per heavy atom. The second-order valence-electron chi connectivity index (χ2n) is 5.72. The molecule has 0 saturated heterocycles. The monoisotopic (exact) mass is 440 g/mol. The van der Waals surface area contributed by atoms with Crippen molar-refractivity contribution in [1.29, 1.82) is 0 Å². The van der Waals surface area contributed by atoms with Crippen LogP contribution in [-0.4, -0.2) is 45.3 Å². The zero-order chi connectivity index (χ0) is 22.1. The van der Waals surface area contributed by atoms with Crippen LogP contribution in [0.25, 0.3) is 0 Å². The number of esters is 1. The highest BCUT2D eigenvalue weighted by Gasteiger charge is 2.22. The molecule has 0 bridgehead atoms. The van der Waals surface area contributed by atoms with Gasteiger partial charge in [-0.3, -0.25) is 0 Å². The highest BCUT2D eigenvalue weighted by Crippen LogP contribution is 2.23. The number of ether oxygens (including phenoxy) is 2. The first-order valence-electron chi connectivity index (χ1n) is 8.53. The molecule has 10 heteroatoms. The molecule has 0 spiro atoms. The van der Waals surface area contributed by atoms with Crippen LogP contribution in [0.4, 0.5) is 8.78 Å². The third kappa shape index (κ3) is 5.52. The quantitative estimate of drug-likeness (QED) is 0.337. The van der Waals surface area contributed by atoms with Crippen molar-refractivity contribution < 1.29 is 32.7 Å². The van der Waals surface area contributed by atoms with Crippen molar-refractivity contribution in [3.05, 3.63) is 69.7 Å². The van der Waals surface area contributed by atoms with E-state index < -0.39 is 17.6 Å². The van der Waals surface area contributed by atoms with Gasteiger partial charge in [-0.25, -0.2) is 13.6 Å². The average molecular weight is 441 g/mol. The van der Waals surface area contributed by atoms with Gasteiger partial charge in [-0.05, 0) is 18.2 Å². The predicted octanol–water partition coefficient (Wildman–Crippen LogP) is 3.71. The van der Waals surface area contributed by atoms with E-state index >= 15 is 0 Å². The second-order valence-corrected chi connectivity index (χ2v) is 6.13. The van der Waals surface area contributed by atoms with E-state index in [1.165, 1.54) is 27.4 Å². The molecule has 0 aromatic heterocycles.